The molecule has 0 bridgehead atoms. The van der Waals surface area contributed by atoms with Crippen molar-refractivity contribution in [3.05, 3.63) is 58.8 Å². The smallest absolute Gasteiger partial charge is 0.261 e. The first-order valence-electron chi connectivity index (χ1n) is 6.26. The zero-order chi connectivity index (χ0) is 16.4. The van der Waals surface area contributed by atoms with Gasteiger partial charge in [-0.05, 0) is 46.8 Å². The highest BCUT2D eigenvalue weighted by atomic mass is 35.5. The van der Waals surface area contributed by atoms with Gasteiger partial charge in [-0.3, -0.25) is 4.72 Å². The number of halogens is 2. The number of rotatable bonds is 4. The largest absolute Gasteiger partial charge is 0.280 e. The number of benzene rings is 2. The minimum absolute atomic E-state index is 0.0570. The van der Waals surface area contributed by atoms with Gasteiger partial charge in [0.25, 0.3) is 10.0 Å². The molecule has 0 radical (unpaired) electrons. The molecule has 118 valence electrons. The molecule has 0 saturated carbocycles. The molecule has 3 aromatic rings. The predicted octanol–water partition coefficient (Wildman–Crippen LogP) is 2.77. The van der Waals surface area contributed by atoms with Crippen LogP contribution in [0.5, 0.6) is 0 Å². The lowest BCUT2D eigenvalue weighted by Gasteiger charge is -2.10. The monoisotopic (exact) mass is 369 g/mol. The maximum atomic E-state index is 12.5. The van der Waals surface area contributed by atoms with E-state index in [1.165, 1.54) is 41.3 Å². The molecular weight excluding hydrogens is 361 g/mol. The maximum Gasteiger partial charge on any atom is 0.261 e. The van der Waals surface area contributed by atoms with Gasteiger partial charge in [0, 0.05) is 10.0 Å². The molecule has 23 heavy (non-hydrogen) atoms. The molecule has 0 saturated heterocycles. The second-order valence-electron chi connectivity index (χ2n) is 4.52. The van der Waals surface area contributed by atoms with Gasteiger partial charge in [-0.2, -0.15) is 0 Å². The summed E-state index contributed by atoms with van der Waals surface area (Å²) in [6, 6.07) is 10.6. The Morgan fingerprint density at radius 1 is 1.04 bits per heavy atom. The topological polar surface area (TPSA) is 89.8 Å². The summed E-state index contributed by atoms with van der Waals surface area (Å²) >= 11 is 11.7. The molecule has 0 aliphatic heterocycles. The van der Waals surface area contributed by atoms with Gasteiger partial charge in [0.05, 0.1) is 16.3 Å². The first-order valence-corrected chi connectivity index (χ1v) is 8.50. The molecule has 7 nitrogen and oxygen atoms in total. The number of nitrogens with one attached hydrogen (secondary N) is 1. The summed E-state index contributed by atoms with van der Waals surface area (Å²) in [6.45, 7) is 0. The fraction of sp³-hybridized carbons (Fsp3) is 0. The Kier molecular flexibility index (Phi) is 4.20. The molecule has 0 aliphatic carbocycles. The van der Waals surface area contributed by atoms with E-state index in [-0.39, 0.29) is 10.6 Å². The van der Waals surface area contributed by atoms with Crippen molar-refractivity contribution in [2.45, 2.75) is 4.90 Å². The van der Waals surface area contributed by atoms with Crippen molar-refractivity contribution in [1.82, 2.24) is 20.2 Å². The van der Waals surface area contributed by atoms with Crippen molar-refractivity contribution in [3.63, 3.8) is 0 Å². The van der Waals surface area contributed by atoms with E-state index in [4.69, 9.17) is 23.2 Å². The molecule has 2 aromatic carbocycles. The van der Waals surface area contributed by atoms with Crippen LogP contribution < -0.4 is 4.72 Å². The van der Waals surface area contributed by atoms with Crippen LogP contribution in [0.1, 0.15) is 0 Å². The van der Waals surface area contributed by atoms with Crippen LogP contribution in [-0.2, 0) is 10.0 Å². The quantitative estimate of drug-likeness (QED) is 0.763. The van der Waals surface area contributed by atoms with Crippen LogP contribution >= 0.6 is 23.2 Å². The first-order chi connectivity index (χ1) is 10.9. The second kappa shape index (κ2) is 6.15. The zero-order valence-corrected chi connectivity index (χ0v) is 13.7. The van der Waals surface area contributed by atoms with Gasteiger partial charge < -0.3 is 0 Å². The molecule has 0 unspecified atom stereocenters. The van der Waals surface area contributed by atoms with E-state index >= 15 is 0 Å². The zero-order valence-electron chi connectivity index (χ0n) is 11.4. The summed E-state index contributed by atoms with van der Waals surface area (Å²) < 4.78 is 28.8. The molecule has 0 aliphatic rings. The Bertz CT molecular complexity index is 925. The van der Waals surface area contributed by atoms with Crippen molar-refractivity contribution >= 4 is 38.9 Å². The van der Waals surface area contributed by atoms with Crippen LogP contribution in [0.3, 0.4) is 0 Å². The van der Waals surface area contributed by atoms with Crippen LogP contribution in [0.2, 0.25) is 10.0 Å². The lowest BCUT2D eigenvalue weighted by molar-refractivity contribution is 0.601. The van der Waals surface area contributed by atoms with E-state index in [1.807, 2.05) is 0 Å². The average molecular weight is 370 g/mol. The maximum absolute atomic E-state index is 12.5. The summed E-state index contributed by atoms with van der Waals surface area (Å²) in [5.41, 5.74) is 0.789. The highest BCUT2D eigenvalue weighted by molar-refractivity contribution is 7.92. The van der Waals surface area contributed by atoms with Crippen molar-refractivity contribution in [2.75, 3.05) is 4.72 Å². The molecule has 10 heteroatoms. The van der Waals surface area contributed by atoms with Gasteiger partial charge in [-0.15, -0.1) is 5.10 Å². The molecule has 3 rings (SSSR count). The Balaban J connectivity index is 1.95. The third-order valence-corrected chi connectivity index (χ3v) is 4.67. The Morgan fingerprint density at radius 3 is 2.43 bits per heavy atom. The van der Waals surface area contributed by atoms with Crippen LogP contribution in [0, 0.1) is 0 Å². The van der Waals surface area contributed by atoms with E-state index in [1.54, 1.807) is 12.1 Å². The van der Waals surface area contributed by atoms with E-state index in [2.05, 4.69) is 20.2 Å². The minimum atomic E-state index is -3.81. The number of hydrogen-bond donors (Lipinski definition) is 1. The van der Waals surface area contributed by atoms with E-state index in [9.17, 15) is 8.42 Å². The van der Waals surface area contributed by atoms with Gasteiger partial charge >= 0.3 is 0 Å². The fourth-order valence-electron chi connectivity index (χ4n) is 1.90. The summed E-state index contributed by atoms with van der Waals surface area (Å²) in [5, 5.41) is 11.4. The molecule has 0 spiro atoms. The lowest BCUT2D eigenvalue weighted by atomic mass is 10.3. The summed E-state index contributed by atoms with van der Waals surface area (Å²) in [6.07, 6.45) is 1.37. The van der Waals surface area contributed by atoms with E-state index < -0.39 is 10.0 Å². The fourth-order valence-corrected chi connectivity index (χ4v) is 3.51. The number of nitrogens with zero attached hydrogens (tertiary/aromatic N) is 4. The predicted molar refractivity (Wildman–Crippen MR) is 86.4 cm³/mol. The second-order valence-corrected chi connectivity index (χ2v) is 7.07. The normalized spacial score (nSPS) is 11.4. The lowest BCUT2D eigenvalue weighted by Crippen LogP contribution is -2.13. The van der Waals surface area contributed by atoms with Crippen LogP contribution in [0.25, 0.3) is 5.69 Å². The number of anilines is 1. The Morgan fingerprint density at radius 2 is 1.78 bits per heavy atom. The highest BCUT2D eigenvalue weighted by Crippen LogP contribution is 2.25. The molecular formula is C13H9Cl2N5O2S. The van der Waals surface area contributed by atoms with E-state index in [0.717, 1.165) is 0 Å². The average Bonchev–Trinajstić information content (AvgIpc) is 3.00. The third-order valence-electron chi connectivity index (χ3n) is 2.86. The van der Waals surface area contributed by atoms with Crippen LogP contribution in [0.4, 0.5) is 5.69 Å². The number of tetrazole rings is 1. The molecule has 1 heterocycles. The highest BCUT2D eigenvalue weighted by Gasteiger charge is 2.16. The Labute approximate surface area is 141 Å². The molecule has 0 amide bonds. The van der Waals surface area contributed by atoms with Crippen molar-refractivity contribution in [3.8, 4) is 5.69 Å². The summed E-state index contributed by atoms with van der Waals surface area (Å²) in [7, 11) is -3.81. The van der Waals surface area contributed by atoms with Crippen molar-refractivity contribution in [1.29, 1.82) is 0 Å². The third kappa shape index (κ3) is 3.61. The number of hydrogen-bond acceptors (Lipinski definition) is 5. The molecule has 1 aromatic heterocycles. The number of sulfonamides is 1. The van der Waals surface area contributed by atoms with Gasteiger partial charge in [0.2, 0.25) is 0 Å². The first kappa shape index (κ1) is 15.7. The van der Waals surface area contributed by atoms with Gasteiger partial charge in [0.15, 0.2) is 0 Å². The minimum Gasteiger partial charge on any atom is -0.280 e. The Hall–Kier alpha value is -2.16. The van der Waals surface area contributed by atoms with Gasteiger partial charge in [-0.1, -0.05) is 29.3 Å². The number of aromatic nitrogens is 4. The molecule has 0 atom stereocenters. The van der Waals surface area contributed by atoms with Crippen molar-refractivity contribution < 1.29 is 8.42 Å². The SMILES string of the molecule is O=S(=O)(Nc1cc(Cl)cc(Cl)c1)c1cccc(-n2cnnn2)c1. The van der Waals surface area contributed by atoms with E-state index in [0.29, 0.717) is 15.7 Å². The van der Waals surface area contributed by atoms with Gasteiger partial charge in [-0.25, -0.2) is 13.1 Å². The van der Waals surface area contributed by atoms with Crippen LogP contribution in [-0.4, -0.2) is 28.6 Å². The van der Waals surface area contributed by atoms with Gasteiger partial charge in [0.1, 0.15) is 6.33 Å². The van der Waals surface area contributed by atoms with Crippen molar-refractivity contribution in [2.24, 2.45) is 0 Å². The molecule has 0 fully saturated rings. The summed E-state index contributed by atoms with van der Waals surface area (Å²) in [4.78, 5) is 0.0570. The standard InChI is InChI=1S/C13H9Cl2N5O2S/c14-9-4-10(15)6-11(5-9)17-23(21,22)13-3-1-2-12(7-13)20-8-16-18-19-20/h1-8,17H. The molecule has 1 N–H and O–H groups in total. The summed E-state index contributed by atoms with van der Waals surface area (Å²) in [5.74, 6) is 0. The van der Waals surface area contributed by atoms with Crippen LogP contribution in [0.15, 0.2) is 53.7 Å².